The van der Waals surface area contributed by atoms with Crippen LogP contribution in [0, 0.1) is 0 Å². The van der Waals surface area contributed by atoms with Gasteiger partial charge in [0.15, 0.2) is 5.22 Å². The summed E-state index contributed by atoms with van der Waals surface area (Å²) >= 11 is 5.50. The number of aliphatic hydroxyl groups excluding tert-OH is 1. The maximum absolute atomic E-state index is 9.30. The number of furan rings is 1. The van der Waals surface area contributed by atoms with Crippen molar-refractivity contribution in [3.63, 3.8) is 0 Å². The van der Waals surface area contributed by atoms with Crippen molar-refractivity contribution >= 4 is 11.6 Å². The van der Waals surface area contributed by atoms with E-state index >= 15 is 0 Å². The molecule has 0 saturated carbocycles. The third-order valence-electron chi connectivity index (χ3n) is 1.36. The fourth-order valence-corrected chi connectivity index (χ4v) is 0.960. The number of hydrogen-bond acceptors (Lipinski definition) is 3. The van der Waals surface area contributed by atoms with Gasteiger partial charge in [0, 0.05) is 0 Å². The largest absolute Gasteiger partial charge is 0.447 e. The minimum atomic E-state index is -0.632. The lowest BCUT2D eigenvalue weighted by molar-refractivity contribution is 0.143. The molecule has 3 N–H and O–H groups in total. The predicted molar refractivity (Wildman–Crippen MR) is 42.3 cm³/mol. The van der Waals surface area contributed by atoms with Crippen LogP contribution >= 0.6 is 11.6 Å². The molecule has 0 aliphatic heterocycles. The van der Waals surface area contributed by atoms with E-state index < -0.39 is 6.10 Å². The highest BCUT2D eigenvalue weighted by Gasteiger charge is 2.09. The molecule has 0 amide bonds. The zero-order valence-electron chi connectivity index (χ0n) is 5.96. The molecule has 0 saturated heterocycles. The molecule has 11 heavy (non-hydrogen) atoms. The van der Waals surface area contributed by atoms with Gasteiger partial charge in [-0.3, -0.25) is 0 Å². The highest BCUT2D eigenvalue weighted by Crippen LogP contribution is 2.21. The van der Waals surface area contributed by atoms with E-state index in [1.165, 1.54) is 0 Å². The van der Waals surface area contributed by atoms with Crippen LogP contribution in [0.4, 0.5) is 0 Å². The molecule has 1 rings (SSSR count). The molecule has 1 unspecified atom stereocenters. The van der Waals surface area contributed by atoms with Crippen molar-refractivity contribution in [2.24, 2.45) is 5.73 Å². The Kier molecular flexibility index (Phi) is 2.93. The van der Waals surface area contributed by atoms with Gasteiger partial charge in [-0.25, -0.2) is 0 Å². The van der Waals surface area contributed by atoms with E-state index in [-0.39, 0.29) is 5.22 Å². The zero-order chi connectivity index (χ0) is 8.27. The zero-order valence-corrected chi connectivity index (χ0v) is 6.71. The van der Waals surface area contributed by atoms with E-state index in [0.717, 1.165) is 0 Å². The van der Waals surface area contributed by atoms with Crippen LogP contribution in [0.5, 0.6) is 0 Å². The first-order valence-electron chi connectivity index (χ1n) is 3.37. The average molecular weight is 176 g/mol. The summed E-state index contributed by atoms with van der Waals surface area (Å²) in [5.74, 6) is 0.473. The van der Waals surface area contributed by atoms with Crippen molar-refractivity contribution < 1.29 is 9.52 Å². The lowest BCUT2D eigenvalue weighted by Crippen LogP contribution is -2.05. The standard InChI is InChI=1S/C7H10ClNO2/c8-7-2-1-6(11-7)5(10)3-4-9/h1-2,5,10H,3-4,9H2. The molecule has 1 atom stereocenters. The van der Waals surface area contributed by atoms with Gasteiger partial charge in [-0.15, -0.1) is 0 Å². The second kappa shape index (κ2) is 3.76. The molecule has 0 aromatic carbocycles. The van der Waals surface area contributed by atoms with Gasteiger partial charge >= 0.3 is 0 Å². The SMILES string of the molecule is NCCC(O)c1ccc(Cl)o1. The Bertz CT molecular complexity index is 224. The Hall–Kier alpha value is -0.510. The maximum Gasteiger partial charge on any atom is 0.193 e. The molecule has 0 aliphatic carbocycles. The molecule has 4 heteroatoms. The van der Waals surface area contributed by atoms with Crippen LogP contribution in [0.25, 0.3) is 0 Å². The molecule has 0 aliphatic rings. The van der Waals surface area contributed by atoms with Crippen molar-refractivity contribution in [3.05, 3.63) is 23.1 Å². The number of halogens is 1. The van der Waals surface area contributed by atoms with Crippen molar-refractivity contribution in [2.45, 2.75) is 12.5 Å². The maximum atomic E-state index is 9.30. The topological polar surface area (TPSA) is 59.4 Å². The van der Waals surface area contributed by atoms with Crippen LogP contribution in [-0.4, -0.2) is 11.7 Å². The highest BCUT2D eigenvalue weighted by molar-refractivity contribution is 6.28. The van der Waals surface area contributed by atoms with Crippen LogP contribution in [0.1, 0.15) is 18.3 Å². The predicted octanol–water partition coefficient (Wildman–Crippen LogP) is 1.32. The first-order valence-corrected chi connectivity index (χ1v) is 3.75. The van der Waals surface area contributed by atoms with Gasteiger partial charge in [-0.2, -0.15) is 0 Å². The second-order valence-corrected chi connectivity index (χ2v) is 2.61. The summed E-state index contributed by atoms with van der Waals surface area (Å²) in [5, 5.41) is 9.59. The molecule has 0 fully saturated rings. The molecule has 0 spiro atoms. The number of nitrogens with two attached hydrogens (primary N) is 1. The van der Waals surface area contributed by atoms with Gasteiger partial charge in [0.1, 0.15) is 11.9 Å². The van der Waals surface area contributed by atoms with Crippen molar-refractivity contribution in [1.29, 1.82) is 0 Å². The van der Waals surface area contributed by atoms with Crippen molar-refractivity contribution in [3.8, 4) is 0 Å². The minimum Gasteiger partial charge on any atom is -0.447 e. The molecule has 3 nitrogen and oxygen atoms in total. The van der Waals surface area contributed by atoms with E-state index in [1.54, 1.807) is 12.1 Å². The van der Waals surface area contributed by atoms with E-state index in [4.69, 9.17) is 21.8 Å². The fraction of sp³-hybridized carbons (Fsp3) is 0.429. The van der Waals surface area contributed by atoms with Crippen LogP contribution in [0.3, 0.4) is 0 Å². The van der Waals surface area contributed by atoms with Crippen LogP contribution in [0.15, 0.2) is 16.5 Å². The molecule has 0 radical (unpaired) electrons. The third-order valence-corrected chi connectivity index (χ3v) is 1.57. The molecule has 1 aromatic rings. The smallest absolute Gasteiger partial charge is 0.193 e. The van der Waals surface area contributed by atoms with Gasteiger partial charge in [-0.05, 0) is 36.7 Å². The molecular formula is C7H10ClNO2. The monoisotopic (exact) mass is 175 g/mol. The Morgan fingerprint density at radius 2 is 2.36 bits per heavy atom. The summed E-state index contributed by atoms with van der Waals surface area (Å²) in [4.78, 5) is 0. The van der Waals surface area contributed by atoms with Gasteiger partial charge in [0.05, 0.1) is 0 Å². The normalized spacial score (nSPS) is 13.4. The molecular weight excluding hydrogens is 166 g/mol. The Morgan fingerprint density at radius 1 is 1.64 bits per heavy atom. The minimum absolute atomic E-state index is 0.288. The molecule has 0 bridgehead atoms. The molecule has 62 valence electrons. The Balaban J connectivity index is 2.60. The Morgan fingerprint density at radius 3 is 2.82 bits per heavy atom. The van der Waals surface area contributed by atoms with Gasteiger partial charge in [-0.1, -0.05) is 0 Å². The first-order chi connectivity index (χ1) is 5.24. The number of aliphatic hydroxyl groups is 1. The average Bonchev–Trinajstić information content (AvgIpc) is 2.36. The van der Waals surface area contributed by atoms with E-state index in [9.17, 15) is 5.11 Å². The summed E-state index contributed by atoms with van der Waals surface area (Å²) in [6, 6.07) is 3.24. The van der Waals surface area contributed by atoms with Crippen LogP contribution < -0.4 is 5.73 Å². The van der Waals surface area contributed by atoms with Gasteiger partial charge < -0.3 is 15.3 Å². The highest BCUT2D eigenvalue weighted by atomic mass is 35.5. The van der Waals surface area contributed by atoms with Crippen molar-refractivity contribution in [2.75, 3.05) is 6.54 Å². The van der Waals surface area contributed by atoms with Crippen LogP contribution in [0.2, 0.25) is 5.22 Å². The summed E-state index contributed by atoms with van der Waals surface area (Å²) < 4.78 is 4.96. The summed E-state index contributed by atoms with van der Waals surface area (Å²) in [7, 11) is 0. The van der Waals surface area contributed by atoms with Gasteiger partial charge in [0.25, 0.3) is 0 Å². The van der Waals surface area contributed by atoms with E-state index in [2.05, 4.69) is 0 Å². The first kappa shape index (κ1) is 8.59. The third kappa shape index (κ3) is 2.22. The van der Waals surface area contributed by atoms with E-state index in [0.29, 0.717) is 18.7 Å². The quantitative estimate of drug-likeness (QED) is 0.729. The lowest BCUT2D eigenvalue weighted by atomic mass is 10.2. The fourth-order valence-electron chi connectivity index (χ4n) is 0.807. The van der Waals surface area contributed by atoms with Gasteiger partial charge in [0.2, 0.25) is 0 Å². The van der Waals surface area contributed by atoms with Crippen LogP contribution in [-0.2, 0) is 0 Å². The van der Waals surface area contributed by atoms with Crippen molar-refractivity contribution in [1.82, 2.24) is 0 Å². The Labute approximate surface area is 69.8 Å². The number of rotatable bonds is 3. The molecule has 1 aromatic heterocycles. The summed E-state index contributed by atoms with van der Waals surface area (Å²) in [6.07, 6.45) is -0.142. The summed E-state index contributed by atoms with van der Waals surface area (Å²) in [6.45, 7) is 0.430. The second-order valence-electron chi connectivity index (χ2n) is 2.24. The van der Waals surface area contributed by atoms with E-state index in [1.807, 2.05) is 0 Å². The summed E-state index contributed by atoms with van der Waals surface area (Å²) in [5.41, 5.74) is 5.24. The number of hydrogen-bond donors (Lipinski definition) is 2. The molecule has 1 heterocycles. The lowest BCUT2D eigenvalue weighted by Gasteiger charge is -2.03.